The minimum atomic E-state index is -0.380. The first kappa shape index (κ1) is 23.9. The molecule has 6 nitrogen and oxygen atoms in total. The maximum absolute atomic E-state index is 13.4. The van der Waals surface area contributed by atoms with Gasteiger partial charge < -0.3 is 9.64 Å². The summed E-state index contributed by atoms with van der Waals surface area (Å²) in [6.07, 6.45) is 0. The molecule has 32 heavy (non-hydrogen) atoms. The molecular weight excluding hydrogens is 422 g/mol. The Morgan fingerprint density at radius 1 is 1.03 bits per heavy atom. The van der Waals surface area contributed by atoms with Gasteiger partial charge in [0.05, 0.1) is 29.8 Å². The summed E-state index contributed by atoms with van der Waals surface area (Å²) in [5, 5.41) is 0.725. The molecule has 0 aliphatic heterocycles. The van der Waals surface area contributed by atoms with Crippen molar-refractivity contribution in [1.29, 1.82) is 0 Å². The number of carbonyl (C=O) groups excluding carboxylic acids is 1. The lowest BCUT2D eigenvalue weighted by molar-refractivity contribution is -0.133. The number of aromatic nitrogens is 2. The quantitative estimate of drug-likeness (QED) is 0.369. The molecule has 0 aliphatic carbocycles. The van der Waals surface area contributed by atoms with Gasteiger partial charge in [-0.2, -0.15) is 0 Å². The van der Waals surface area contributed by atoms with Crippen molar-refractivity contribution in [1.82, 2.24) is 14.5 Å². The van der Waals surface area contributed by atoms with E-state index in [2.05, 4.69) is 0 Å². The van der Waals surface area contributed by atoms with E-state index < -0.39 is 0 Å². The summed E-state index contributed by atoms with van der Waals surface area (Å²) in [7, 11) is 1.62. The Hall–Kier alpha value is -2.80. The van der Waals surface area contributed by atoms with Gasteiger partial charge in [-0.15, -0.1) is 0 Å². The standard InChI is InChI=1S/C25H31N3O3S/c1-16(2)28(17(3)4)23(29)18(5)32-25-26-22-10-8-7-9-21(22)24(30)27(25)15-19-11-13-20(31-6)14-12-19/h7-14,16-18H,15H2,1-6H3. The number of hydrogen-bond donors (Lipinski definition) is 0. The molecule has 2 aromatic carbocycles. The van der Waals surface area contributed by atoms with E-state index in [1.54, 1.807) is 17.7 Å². The molecule has 1 heterocycles. The first-order chi connectivity index (χ1) is 15.2. The lowest BCUT2D eigenvalue weighted by Gasteiger charge is -2.33. The Morgan fingerprint density at radius 3 is 2.25 bits per heavy atom. The van der Waals surface area contributed by atoms with Gasteiger partial charge in [0, 0.05) is 12.1 Å². The van der Waals surface area contributed by atoms with E-state index in [1.165, 1.54) is 11.8 Å². The number of thioether (sulfide) groups is 1. The van der Waals surface area contributed by atoms with Crippen molar-refractivity contribution in [2.75, 3.05) is 7.11 Å². The number of para-hydroxylation sites is 1. The fraction of sp³-hybridized carbons (Fsp3) is 0.400. The van der Waals surface area contributed by atoms with Crippen LogP contribution in [-0.4, -0.2) is 44.8 Å². The SMILES string of the molecule is COc1ccc(Cn2c(SC(C)C(=O)N(C(C)C)C(C)C)nc3ccccc3c2=O)cc1. The number of ether oxygens (including phenoxy) is 1. The molecule has 0 spiro atoms. The lowest BCUT2D eigenvalue weighted by atomic mass is 10.2. The number of rotatable bonds is 8. The molecule has 0 radical (unpaired) electrons. The topological polar surface area (TPSA) is 64.4 Å². The van der Waals surface area contributed by atoms with Crippen LogP contribution in [0.5, 0.6) is 5.75 Å². The highest BCUT2D eigenvalue weighted by atomic mass is 32.2. The summed E-state index contributed by atoms with van der Waals surface area (Å²) >= 11 is 1.33. The zero-order chi connectivity index (χ0) is 23.4. The van der Waals surface area contributed by atoms with Crippen LogP contribution in [-0.2, 0) is 11.3 Å². The smallest absolute Gasteiger partial charge is 0.262 e. The minimum absolute atomic E-state index is 0.0402. The van der Waals surface area contributed by atoms with Gasteiger partial charge in [0.25, 0.3) is 5.56 Å². The predicted molar refractivity (Wildman–Crippen MR) is 131 cm³/mol. The van der Waals surface area contributed by atoms with Crippen LogP contribution in [0.2, 0.25) is 0 Å². The van der Waals surface area contributed by atoms with Crippen molar-refractivity contribution in [3.63, 3.8) is 0 Å². The van der Waals surface area contributed by atoms with Crippen molar-refractivity contribution < 1.29 is 9.53 Å². The number of nitrogens with zero attached hydrogens (tertiary/aromatic N) is 3. The molecule has 0 aliphatic rings. The second-order valence-electron chi connectivity index (χ2n) is 8.34. The van der Waals surface area contributed by atoms with E-state index in [0.29, 0.717) is 22.6 Å². The average molecular weight is 454 g/mol. The molecule has 1 unspecified atom stereocenters. The van der Waals surface area contributed by atoms with E-state index in [-0.39, 0.29) is 28.8 Å². The zero-order valence-electron chi connectivity index (χ0n) is 19.5. The molecule has 170 valence electrons. The first-order valence-electron chi connectivity index (χ1n) is 10.8. The number of methoxy groups -OCH3 is 1. The summed E-state index contributed by atoms with van der Waals surface area (Å²) < 4.78 is 6.90. The van der Waals surface area contributed by atoms with E-state index in [9.17, 15) is 9.59 Å². The van der Waals surface area contributed by atoms with Crippen LogP contribution in [0.25, 0.3) is 10.9 Å². The molecule has 1 aromatic heterocycles. The largest absolute Gasteiger partial charge is 0.497 e. The highest BCUT2D eigenvalue weighted by molar-refractivity contribution is 8.00. The highest BCUT2D eigenvalue weighted by Crippen LogP contribution is 2.26. The van der Waals surface area contributed by atoms with Gasteiger partial charge in [0.2, 0.25) is 5.91 Å². The van der Waals surface area contributed by atoms with Crippen molar-refractivity contribution in [3.8, 4) is 5.75 Å². The Labute approximate surface area is 193 Å². The van der Waals surface area contributed by atoms with Gasteiger partial charge in [0.15, 0.2) is 5.16 Å². The van der Waals surface area contributed by atoms with Crippen molar-refractivity contribution in [2.45, 2.75) is 63.7 Å². The van der Waals surface area contributed by atoms with Crippen LogP contribution >= 0.6 is 11.8 Å². The Bertz CT molecular complexity index is 1130. The third kappa shape index (κ3) is 5.15. The monoisotopic (exact) mass is 453 g/mol. The average Bonchev–Trinajstić information content (AvgIpc) is 2.76. The van der Waals surface area contributed by atoms with Gasteiger partial charge in [0.1, 0.15) is 5.75 Å². The number of hydrogen-bond acceptors (Lipinski definition) is 5. The van der Waals surface area contributed by atoms with Gasteiger partial charge in [-0.3, -0.25) is 14.2 Å². The molecule has 0 saturated heterocycles. The predicted octanol–water partition coefficient (Wildman–Crippen LogP) is 4.58. The molecule has 3 rings (SSSR count). The van der Waals surface area contributed by atoms with E-state index in [1.807, 2.05) is 82.0 Å². The molecule has 0 fully saturated rings. The molecule has 1 atom stereocenters. The summed E-state index contributed by atoms with van der Waals surface area (Å²) in [6, 6.07) is 15.1. The molecule has 7 heteroatoms. The van der Waals surface area contributed by atoms with E-state index in [0.717, 1.165) is 11.3 Å². The lowest BCUT2D eigenvalue weighted by Crippen LogP contribution is -2.45. The Morgan fingerprint density at radius 2 is 1.66 bits per heavy atom. The van der Waals surface area contributed by atoms with Crippen LogP contribution < -0.4 is 10.3 Å². The molecule has 0 bridgehead atoms. The molecular formula is C25H31N3O3S. The Kier molecular flexibility index (Phi) is 7.61. The second-order valence-corrected chi connectivity index (χ2v) is 9.65. The minimum Gasteiger partial charge on any atom is -0.497 e. The van der Waals surface area contributed by atoms with Crippen LogP contribution in [0.15, 0.2) is 58.5 Å². The Balaban J connectivity index is 2.01. The van der Waals surface area contributed by atoms with Crippen LogP contribution in [0.4, 0.5) is 0 Å². The molecule has 0 N–H and O–H groups in total. The third-order valence-electron chi connectivity index (χ3n) is 5.32. The maximum atomic E-state index is 13.4. The first-order valence-corrected chi connectivity index (χ1v) is 11.7. The molecule has 3 aromatic rings. The molecule has 0 saturated carbocycles. The van der Waals surface area contributed by atoms with Crippen molar-refractivity contribution >= 4 is 28.6 Å². The van der Waals surface area contributed by atoms with Gasteiger partial charge >= 0.3 is 0 Å². The zero-order valence-corrected chi connectivity index (χ0v) is 20.3. The van der Waals surface area contributed by atoms with Crippen molar-refractivity contribution in [2.24, 2.45) is 0 Å². The fourth-order valence-corrected chi connectivity index (χ4v) is 4.78. The normalized spacial score (nSPS) is 12.4. The summed E-state index contributed by atoms with van der Waals surface area (Å²) in [4.78, 5) is 33.2. The van der Waals surface area contributed by atoms with Gasteiger partial charge in [-0.1, -0.05) is 36.0 Å². The van der Waals surface area contributed by atoms with Crippen molar-refractivity contribution in [3.05, 3.63) is 64.4 Å². The van der Waals surface area contributed by atoms with Gasteiger partial charge in [-0.25, -0.2) is 4.98 Å². The number of carbonyl (C=O) groups is 1. The summed E-state index contributed by atoms with van der Waals surface area (Å²) in [5.41, 5.74) is 1.48. The maximum Gasteiger partial charge on any atom is 0.262 e. The van der Waals surface area contributed by atoms with E-state index in [4.69, 9.17) is 9.72 Å². The number of amides is 1. The number of benzene rings is 2. The molecule has 1 amide bonds. The second kappa shape index (κ2) is 10.2. The van der Waals surface area contributed by atoms with Crippen LogP contribution in [0.3, 0.4) is 0 Å². The summed E-state index contributed by atoms with van der Waals surface area (Å²) in [6.45, 7) is 10.3. The third-order valence-corrected chi connectivity index (χ3v) is 6.40. The van der Waals surface area contributed by atoms with E-state index >= 15 is 0 Å². The summed E-state index contributed by atoms with van der Waals surface area (Å²) in [5.74, 6) is 0.799. The number of fused-ring (bicyclic) bond motifs is 1. The van der Waals surface area contributed by atoms with Crippen LogP contribution in [0.1, 0.15) is 40.2 Å². The van der Waals surface area contributed by atoms with Crippen LogP contribution in [0, 0.1) is 0 Å². The fourth-order valence-electron chi connectivity index (χ4n) is 3.81. The highest BCUT2D eigenvalue weighted by Gasteiger charge is 2.27. The van der Waals surface area contributed by atoms with Gasteiger partial charge in [-0.05, 0) is 64.4 Å².